The number of hydrogen-bond donors (Lipinski definition) is 2. The summed E-state index contributed by atoms with van der Waals surface area (Å²) in [5.74, 6) is -0.0832. The maximum Gasteiger partial charge on any atom is 0.129 e. The van der Waals surface area contributed by atoms with Crippen LogP contribution in [0.2, 0.25) is 0 Å². The summed E-state index contributed by atoms with van der Waals surface area (Å²) in [5, 5.41) is 10.1. The molecule has 0 amide bonds. The number of aliphatic hydroxyl groups excluding tert-OH is 1. The van der Waals surface area contributed by atoms with E-state index in [1.807, 2.05) is 0 Å². The molecule has 5 heteroatoms. The van der Waals surface area contributed by atoms with Crippen LogP contribution in [-0.2, 0) is 6.42 Å². The average molecular weight is 311 g/mol. The molecule has 0 saturated carbocycles. The quantitative estimate of drug-likeness (QED) is 0.916. The number of pyridine rings is 1. The minimum absolute atomic E-state index is 0.229. The molecule has 0 fully saturated rings. The first kappa shape index (κ1) is 13.0. The van der Waals surface area contributed by atoms with Crippen LogP contribution in [0.15, 0.2) is 41.0 Å². The van der Waals surface area contributed by atoms with E-state index < -0.39 is 11.9 Å². The lowest BCUT2D eigenvalue weighted by molar-refractivity contribution is 0.173. The van der Waals surface area contributed by atoms with Gasteiger partial charge in [-0.25, -0.2) is 9.37 Å². The predicted octanol–water partition coefficient (Wildman–Crippen LogP) is 2.84. The first-order valence-electron chi connectivity index (χ1n) is 5.40. The molecule has 18 heavy (non-hydrogen) atoms. The lowest BCUT2D eigenvalue weighted by Gasteiger charge is -2.13. The highest BCUT2D eigenvalue weighted by atomic mass is 79.9. The Bertz CT molecular complexity index is 562. The van der Waals surface area contributed by atoms with Crippen LogP contribution in [-0.4, -0.2) is 10.1 Å². The van der Waals surface area contributed by atoms with Gasteiger partial charge in [0.15, 0.2) is 0 Å². The van der Waals surface area contributed by atoms with Crippen molar-refractivity contribution < 1.29 is 9.50 Å². The Labute approximate surface area is 113 Å². The zero-order valence-corrected chi connectivity index (χ0v) is 11.1. The lowest BCUT2D eigenvalue weighted by Crippen LogP contribution is -2.07. The average Bonchev–Trinajstić information content (AvgIpc) is 2.35. The Morgan fingerprint density at radius 1 is 1.39 bits per heavy atom. The molecule has 0 aliphatic heterocycles. The van der Waals surface area contributed by atoms with Gasteiger partial charge in [0.25, 0.3) is 0 Å². The van der Waals surface area contributed by atoms with E-state index in [1.165, 1.54) is 6.07 Å². The Kier molecular flexibility index (Phi) is 3.93. The van der Waals surface area contributed by atoms with E-state index in [0.29, 0.717) is 11.4 Å². The van der Waals surface area contributed by atoms with Crippen LogP contribution in [0, 0.1) is 5.82 Å². The van der Waals surface area contributed by atoms with Crippen molar-refractivity contribution in [1.29, 1.82) is 0 Å². The summed E-state index contributed by atoms with van der Waals surface area (Å²) >= 11 is 3.25. The molecule has 2 rings (SSSR count). The second-order valence-corrected chi connectivity index (χ2v) is 4.85. The molecule has 0 bridgehead atoms. The molecule has 3 nitrogen and oxygen atoms in total. The third kappa shape index (κ3) is 2.86. The fraction of sp³-hybridized carbons (Fsp3) is 0.154. The van der Waals surface area contributed by atoms with E-state index in [-0.39, 0.29) is 12.0 Å². The van der Waals surface area contributed by atoms with Crippen LogP contribution < -0.4 is 5.73 Å². The number of hydrogen-bond acceptors (Lipinski definition) is 3. The zero-order chi connectivity index (χ0) is 13.1. The summed E-state index contributed by atoms with van der Waals surface area (Å²) in [4.78, 5) is 3.93. The van der Waals surface area contributed by atoms with Crippen LogP contribution in [0.5, 0.6) is 0 Å². The molecule has 0 spiro atoms. The number of nitrogen functional groups attached to an aromatic ring is 1. The molecule has 0 aliphatic rings. The fourth-order valence-electron chi connectivity index (χ4n) is 1.71. The van der Waals surface area contributed by atoms with Gasteiger partial charge < -0.3 is 10.8 Å². The van der Waals surface area contributed by atoms with Gasteiger partial charge in [-0.1, -0.05) is 22.0 Å². The molecule has 0 aliphatic carbocycles. The Morgan fingerprint density at radius 2 is 2.17 bits per heavy atom. The van der Waals surface area contributed by atoms with Gasteiger partial charge in [-0.2, -0.15) is 0 Å². The Hall–Kier alpha value is -1.46. The summed E-state index contributed by atoms with van der Waals surface area (Å²) < 4.78 is 14.3. The molecular formula is C13H12BrFN2O. The van der Waals surface area contributed by atoms with Crippen molar-refractivity contribution in [2.24, 2.45) is 0 Å². The van der Waals surface area contributed by atoms with Crippen LogP contribution in [0.25, 0.3) is 0 Å². The molecule has 3 N–H and O–H groups in total. The van der Waals surface area contributed by atoms with Gasteiger partial charge in [-0.15, -0.1) is 0 Å². The minimum Gasteiger partial charge on any atom is -0.388 e. The molecule has 1 aromatic carbocycles. The van der Waals surface area contributed by atoms with Gasteiger partial charge >= 0.3 is 0 Å². The largest absolute Gasteiger partial charge is 0.388 e. The summed E-state index contributed by atoms with van der Waals surface area (Å²) in [6.45, 7) is 0. The van der Waals surface area contributed by atoms with Crippen molar-refractivity contribution in [3.8, 4) is 0 Å². The number of nitrogens with zero attached hydrogens (tertiary/aromatic N) is 1. The SMILES string of the molecule is Nc1ncccc1CC(O)c1cc(Br)ccc1F. The van der Waals surface area contributed by atoms with Crippen molar-refractivity contribution in [2.45, 2.75) is 12.5 Å². The smallest absolute Gasteiger partial charge is 0.129 e. The first-order valence-corrected chi connectivity index (χ1v) is 6.19. The second kappa shape index (κ2) is 5.46. The van der Waals surface area contributed by atoms with E-state index in [1.54, 1.807) is 30.5 Å². The highest BCUT2D eigenvalue weighted by Crippen LogP contribution is 2.25. The summed E-state index contributed by atoms with van der Waals surface area (Å²) in [6, 6.07) is 7.96. The Morgan fingerprint density at radius 3 is 2.89 bits per heavy atom. The van der Waals surface area contributed by atoms with E-state index in [0.717, 1.165) is 4.47 Å². The number of aromatic nitrogens is 1. The number of nitrogens with two attached hydrogens (primary N) is 1. The van der Waals surface area contributed by atoms with Crippen LogP contribution >= 0.6 is 15.9 Å². The number of halogens is 2. The Balaban J connectivity index is 2.25. The van der Waals surface area contributed by atoms with Gasteiger partial charge in [0, 0.05) is 22.7 Å². The minimum atomic E-state index is -0.950. The predicted molar refractivity (Wildman–Crippen MR) is 71.4 cm³/mol. The number of anilines is 1. The van der Waals surface area contributed by atoms with E-state index >= 15 is 0 Å². The zero-order valence-electron chi connectivity index (χ0n) is 9.48. The van der Waals surface area contributed by atoms with E-state index in [4.69, 9.17) is 5.73 Å². The molecule has 1 heterocycles. The highest BCUT2D eigenvalue weighted by Gasteiger charge is 2.15. The third-order valence-corrected chi connectivity index (χ3v) is 3.15. The van der Waals surface area contributed by atoms with Crippen LogP contribution in [0.3, 0.4) is 0 Å². The van der Waals surface area contributed by atoms with Crippen molar-refractivity contribution in [1.82, 2.24) is 4.98 Å². The molecule has 1 unspecified atom stereocenters. The maximum absolute atomic E-state index is 13.6. The van der Waals surface area contributed by atoms with Gasteiger partial charge in [0.1, 0.15) is 11.6 Å². The fourth-order valence-corrected chi connectivity index (χ4v) is 2.09. The molecule has 0 saturated heterocycles. The van der Waals surface area contributed by atoms with Crippen LogP contribution in [0.1, 0.15) is 17.2 Å². The summed E-state index contributed by atoms with van der Waals surface area (Å²) in [5.41, 5.74) is 6.63. The van der Waals surface area contributed by atoms with Crippen LogP contribution in [0.4, 0.5) is 10.2 Å². The van der Waals surface area contributed by atoms with Gasteiger partial charge in [0.2, 0.25) is 0 Å². The van der Waals surface area contributed by atoms with Crippen molar-refractivity contribution in [3.05, 3.63) is 57.9 Å². The summed E-state index contributed by atoms with van der Waals surface area (Å²) in [6.07, 6.45) is 0.854. The number of benzene rings is 1. The topological polar surface area (TPSA) is 59.1 Å². The lowest BCUT2D eigenvalue weighted by atomic mass is 10.0. The second-order valence-electron chi connectivity index (χ2n) is 3.93. The molecule has 1 aromatic heterocycles. The summed E-state index contributed by atoms with van der Waals surface area (Å²) in [7, 11) is 0. The molecule has 2 aromatic rings. The van der Waals surface area contributed by atoms with Crippen molar-refractivity contribution in [3.63, 3.8) is 0 Å². The van der Waals surface area contributed by atoms with Gasteiger partial charge in [-0.05, 0) is 29.8 Å². The maximum atomic E-state index is 13.6. The third-order valence-electron chi connectivity index (χ3n) is 2.66. The van der Waals surface area contributed by atoms with E-state index in [2.05, 4.69) is 20.9 Å². The van der Waals surface area contributed by atoms with Crippen molar-refractivity contribution in [2.75, 3.05) is 5.73 Å². The van der Waals surface area contributed by atoms with E-state index in [9.17, 15) is 9.50 Å². The monoisotopic (exact) mass is 310 g/mol. The highest BCUT2D eigenvalue weighted by molar-refractivity contribution is 9.10. The first-order chi connectivity index (χ1) is 8.58. The standard InChI is InChI=1S/C13H12BrFN2O/c14-9-3-4-11(15)10(7-9)12(18)6-8-2-1-5-17-13(8)16/h1-5,7,12,18H,6H2,(H2,16,17). The molecule has 1 atom stereocenters. The number of aliphatic hydroxyl groups is 1. The number of rotatable bonds is 3. The van der Waals surface area contributed by atoms with Gasteiger partial charge in [-0.3, -0.25) is 0 Å². The molecular weight excluding hydrogens is 299 g/mol. The van der Waals surface area contributed by atoms with Crippen molar-refractivity contribution >= 4 is 21.7 Å². The normalized spacial score (nSPS) is 12.4. The van der Waals surface area contributed by atoms with Gasteiger partial charge in [0.05, 0.1) is 6.10 Å². The molecule has 0 radical (unpaired) electrons. The molecule has 94 valence electrons.